The van der Waals surface area contributed by atoms with E-state index in [-0.39, 0.29) is 5.91 Å². The summed E-state index contributed by atoms with van der Waals surface area (Å²) in [6.45, 7) is 5.18. The van der Waals surface area contributed by atoms with Gasteiger partial charge in [0.05, 0.1) is 12.2 Å². The molecule has 0 saturated heterocycles. The van der Waals surface area contributed by atoms with E-state index in [1.807, 2.05) is 43.0 Å². The van der Waals surface area contributed by atoms with Gasteiger partial charge in [-0.3, -0.25) is 4.79 Å². The molecule has 1 atom stereocenters. The smallest absolute Gasteiger partial charge is 0.263 e. The number of amides is 1. The molecule has 1 unspecified atom stereocenters. The summed E-state index contributed by atoms with van der Waals surface area (Å²) in [4.78, 5) is 14.5. The third kappa shape index (κ3) is 2.98. The van der Waals surface area contributed by atoms with E-state index in [1.54, 1.807) is 6.26 Å². The molecule has 2 aromatic rings. The van der Waals surface area contributed by atoms with Crippen molar-refractivity contribution in [2.45, 2.75) is 39.3 Å². The number of benzene rings is 1. The average Bonchev–Trinajstić information content (AvgIpc) is 2.99. The normalized spacial score (nSPS) is 15.3. The average molecular weight is 300 g/mol. The summed E-state index contributed by atoms with van der Waals surface area (Å²) >= 11 is 0. The number of ether oxygens (including phenoxy) is 1. The van der Waals surface area contributed by atoms with Crippen LogP contribution in [0.2, 0.25) is 0 Å². The Morgan fingerprint density at radius 3 is 3.14 bits per heavy atom. The van der Waals surface area contributed by atoms with Gasteiger partial charge in [-0.25, -0.2) is 0 Å². The predicted octanol–water partition coefficient (Wildman–Crippen LogP) is 2.73. The van der Waals surface area contributed by atoms with E-state index in [4.69, 9.17) is 9.26 Å². The molecule has 0 aliphatic carbocycles. The second-order valence-electron chi connectivity index (χ2n) is 5.63. The quantitative estimate of drug-likeness (QED) is 0.871. The summed E-state index contributed by atoms with van der Waals surface area (Å²) in [6, 6.07) is 7.78. The maximum Gasteiger partial charge on any atom is 0.263 e. The van der Waals surface area contributed by atoms with Crippen LogP contribution < -0.4 is 4.74 Å². The first-order chi connectivity index (χ1) is 10.7. The van der Waals surface area contributed by atoms with E-state index in [2.05, 4.69) is 5.16 Å². The fraction of sp³-hybridized carbons (Fsp3) is 0.412. The molecular weight excluding hydrogens is 280 g/mol. The molecule has 3 rings (SSSR count). The molecule has 0 radical (unpaired) electrons. The summed E-state index contributed by atoms with van der Waals surface area (Å²) < 4.78 is 10.9. The molecule has 0 fully saturated rings. The van der Waals surface area contributed by atoms with Gasteiger partial charge in [-0.1, -0.05) is 24.2 Å². The number of carbonyl (C=O) groups excluding carboxylic acids is 1. The maximum atomic E-state index is 12.7. The van der Waals surface area contributed by atoms with Crippen LogP contribution in [-0.4, -0.2) is 28.6 Å². The maximum absolute atomic E-state index is 12.7. The van der Waals surface area contributed by atoms with Gasteiger partial charge in [0.25, 0.3) is 5.91 Å². The minimum atomic E-state index is -0.455. The number of carbonyl (C=O) groups is 1. The van der Waals surface area contributed by atoms with Crippen molar-refractivity contribution in [1.29, 1.82) is 0 Å². The van der Waals surface area contributed by atoms with Crippen LogP contribution in [0.3, 0.4) is 0 Å². The monoisotopic (exact) mass is 300 g/mol. The van der Waals surface area contributed by atoms with Crippen LogP contribution >= 0.6 is 0 Å². The second kappa shape index (κ2) is 6.22. The number of hydrogen-bond donors (Lipinski definition) is 0. The molecule has 0 spiro atoms. The molecule has 0 saturated carbocycles. The molecule has 5 nitrogen and oxygen atoms in total. The van der Waals surface area contributed by atoms with Gasteiger partial charge in [-0.15, -0.1) is 0 Å². The molecule has 116 valence electrons. The van der Waals surface area contributed by atoms with Gasteiger partial charge in [0, 0.05) is 18.5 Å². The first kappa shape index (κ1) is 14.6. The van der Waals surface area contributed by atoms with E-state index < -0.39 is 6.10 Å². The lowest BCUT2D eigenvalue weighted by Crippen LogP contribution is -2.44. The Labute approximate surface area is 129 Å². The van der Waals surface area contributed by atoms with E-state index >= 15 is 0 Å². The van der Waals surface area contributed by atoms with Crippen LogP contribution in [0.4, 0.5) is 0 Å². The van der Waals surface area contributed by atoms with Crippen molar-refractivity contribution in [3.8, 4) is 5.75 Å². The standard InChI is InChI=1S/C17H20N2O3/c1-3-16(22-14-6-4-5-12(2)9-14)17(20)19-8-7-15-13(10-19)11-21-18-15/h4-6,9,11,16H,3,7-8,10H2,1-2H3. The van der Waals surface area contributed by atoms with Crippen molar-refractivity contribution in [3.05, 3.63) is 47.3 Å². The third-order valence-corrected chi connectivity index (χ3v) is 3.93. The highest BCUT2D eigenvalue weighted by atomic mass is 16.5. The minimum absolute atomic E-state index is 0.0239. The molecule has 22 heavy (non-hydrogen) atoms. The number of nitrogens with zero attached hydrogens (tertiary/aromatic N) is 2. The van der Waals surface area contributed by atoms with E-state index in [0.717, 1.165) is 29.0 Å². The van der Waals surface area contributed by atoms with Crippen molar-refractivity contribution >= 4 is 5.91 Å². The highest BCUT2D eigenvalue weighted by molar-refractivity contribution is 5.81. The highest BCUT2D eigenvalue weighted by Gasteiger charge is 2.29. The van der Waals surface area contributed by atoms with Crippen LogP contribution in [0, 0.1) is 6.92 Å². The summed E-state index contributed by atoms with van der Waals surface area (Å²) in [5.41, 5.74) is 3.06. The van der Waals surface area contributed by atoms with Crippen LogP contribution in [-0.2, 0) is 17.8 Å². The lowest BCUT2D eigenvalue weighted by Gasteiger charge is -2.29. The van der Waals surface area contributed by atoms with Gasteiger partial charge < -0.3 is 14.2 Å². The molecule has 1 aliphatic rings. The fourth-order valence-electron chi connectivity index (χ4n) is 2.69. The molecule has 0 bridgehead atoms. The van der Waals surface area contributed by atoms with E-state index in [0.29, 0.717) is 19.5 Å². The summed E-state index contributed by atoms with van der Waals surface area (Å²) in [5.74, 6) is 0.763. The number of hydrogen-bond acceptors (Lipinski definition) is 4. The Bertz CT molecular complexity index is 665. The molecule has 5 heteroatoms. The van der Waals surface area contributed by atoms with Crippen molar-refractivity contribution in [3.63, 3.8) is 0 Å². The summed E-state index contributed by atoms with van der Waals surface area (Å²) in [7, 11) is 0. The first-order valence-electron chi connectivity index (χ1n) is 7.61. The Hall–Kier alpha value is -2.30. The second-order valence-corrected chi connectivity index (χ2v) is 5.63. The van der Waals surface area contributed by atoms with E-state index in [1.165, 1.54) is 0 Å². The molecule has 0 N–H and O–H groups in total. The summed E-state index contributed by atoms with van der Waals surface area (Å²) in [5, 5.41) is 3.95. The van der Waals surface area contributed by atoms with Gasteiger partial charge in [-0.2, -0.15) is 0 Å². The molecule has 1 aliphatic heterocycles. The minimum Gasteiger partial charge on any atom is -0.481 e. The largest absolute Gasteiger partial charge is 0.481 e. The Kier molecular flexibility index (Phi) is 4.13. The molecule has 1 aromatic carbocycles. The zero-order valence-corrected chi connectivity index (χ0v) is 12.9. The predicted molar refractivity (Wildman–Crippen MR) is 81.5 cm³/mol. The van der Waals surface area contributed by atoms with Gasteiger partial charge in [0.15, 0.2) is 6.10 Å². The third-order valence-electron chi connectivity index (χ3n) is 3.93. The lowest BCUT2D eigenvalue weighted by molar-refractivity contribution is -0.139. The lowest BCUT2D eigenvalue weighted by atomic mass is 10.1. The van der Waals surface area contributed by atoms with Crippen molar-refractivity contribution in [2.24, 2.45) is 0 Å². The molecule has 1 amide bonds. The Morgan fingerprint density at radius 2 is 2.36 bits per heavy atom. The first-order valence-corrected chi connectivity index (χ1v) is 7.61. The van der Waals surface area contributed by atoms with Crippen molar-refractivity contribution in [2.75, 3.05) is 6.54 Å². The topological polar surface area (TPSA) is 55.6 Å². The van der Waals surface area contributed by atoms with E-state index in [9.17, 15) is 4.79 Å². The SMILES string of the molecule is CCC(Oc1cccc(C)c1)C(=O)N1CCc2nocc2C1. The van der Waals surface area contributed by atoms with Gasteiger partial charge in [0.2, 0.25) is 0 Å². The van der Waals surface area contributed by atoms with Crippen LogP contribution in [0.15, 0.2) is 35.1 Å². The van der Waals surface area contributed by atoms with Crippen molar-refractivity contribution in [1.82, 2.24) is 10.1 Å². The number of fused-ring (bicyclic) bond motifs is 1. The molecule has 1 aromatic heterocycles. The molecular formula is C17H20N2O3. The fourth-order valence-corrected chi connectivity index (χ4v) is 2.69. The van der Waals surface area contributed by atoms with Gasteiger partial charge in [0.1, 0.15) is 12.0 Å². The van der Waals surface area contributed by atoms with Crippen LogP contribution in [0.1, 0.15) is 30.2 Å². The Morgan fingerprint density at radius 1 is 1.50 bits per heavy atom. The number of aryl methyl sites for hydroxylation is 1. The van der Waals surface area contributed by atoms with Gasteiger partial charge in [-0.05, 0) is 31.0 Å². The number of aromatic nitrogens is 1. The summed E-state index contributed by atoms with van der Waals surface area (Å²) in [6.07, 6.45) is 2.54. The van der Waals surface area contributed by atoms with Crippen molar-refractivity contribution < 1.29 is 14.1 Å². The van der Waals surface area contributed by atoms with Crippen LogP contribution in [0.25, 0.3) is 0 Å². The molecule has 2 heterocycles. The zero-order chi connectivity index (χ0) is 15.5. The highest BCUT2D eigenvalue weighted by Crippen LogP contribution is 2.21. The number of rotatable bonds is 4. The van der Waals surface area contributed by atoms with Crippen LogP contribution in [0.5, 0.6) is 5.75 Å². The zero-order valence-electron chi connectivity index (χ0n) is 12.9. The Balaban J connectivity index is 1.70. The van der Waals surface area contributed by atoms with Gasteiger partial charge >= 0.3 is 0 Å².